The number of carbonyl (C=O) groups is 1. The Morgan fingerprint density at radius 2 is 1.71 bits per heavy atom. The lowest BCUT2D eigenvalue weighted by Gasteiger charge is -2.44. The number of aldehydes is 1. The first-order chi connectivity index (χ1) is 6.74. The summed E-state index contributed by atoms with van der Waals surface area (Å²) in [6, 6.07) is 0. The number of rotatable bonds is 1. The Labute approximate surface area is 86.7 Å². The second kappa shape index (κ2) is 4.01. The van der Waals surface area contributed by atoms with Crippen LogP contribution in [0.15, 0.2) is 0 Å². The van der Waals surface area contributed by atoms with Crippen LogP contribution in [0.3, 0.4) is 0 Å². The van der Waals surface area contributed by atoms with Crippen LogP contribution in [-0.4, -0.2) is 31.3 Å². The van der Waals surface area contributed by atoms with Crippen molar-refractivity contribution in [2.45, 2.75) is 38.5 Å². The molecule has 0 aromatic carbocycles. The van der Waals surface area contributed by atoms with E-state index in [1.807, 2.05) is 0 Å². The minimum Gasteiger partial charge on any atom is -0.306 e. The van der Waals surface area contributed by atoms with Crippen molar-refractivity contribution >= 4 is 6.29 Å². The molecule has 1 saturated heterocycles. The zero-order chi connectivity index (χ0) is 10.0. The van der Waals surface area contributed by atoms with Gasteiger partial charge in [0.05, 0.1) is 0 Å². The molecular weight excluding hydrogens is 174 g/mol. The van der Waals surface area contributed by atoms with Crippen LogP contribution in [0, 0.1) is 11.3 Å². The van der Waals surface area contributed by atoms with Crippen LogP contribution < -0.4 is 0 Å². The van der Waals surface area contributed by atoms with Gasteiger partial charge in [-0.3, -0.25) is 0 Å². The Bertz CT molecular complexity index is 196. The highest BCUT2D eigenvalue weighted by Gasteiger charge is 2.36. The number of piperidine rings is 1. The van der Waals surface area contributed by atoms with Crippen LogP contribution >= 0.6 is 0 Å². The molecular formula is C12H21NO. The van der Waals surface area contributed by atoms with Crippen molar-refractivity contribution in [2.24, 2.45) is 11.3 Å². The molecule has 0 radical (unpaired) electrons. The summed E-state index contributed by atoms with van der Waals surface area (Å²) in [5.74, 6) is 0.375. The van der Waals surface area contributed by atoms with E-state index in [-0.39, 0.29) is 0 Å². The molecule has 1 aliphatic heterocycles. The zero-order valence-electron chi connectivity index (χ0n) is 9.17. The average Bonchev–Trinajstić information content (AvgIpc) is 2.24. The average molecular weight is 195 g/mol. The van der Waals surface area contributed by atoms with Gasteiger partial charge in [-0.25, -0.2) is 0 Å². The topological polar surface area (TPSA) is 20.3 Å². The number of hydrogen-bond donors (Lipinski definition) is 0. The summed E-state index contributed by atoms with van der Waals surface area (Å²) in [4.78, 5) is 13.1. The fourth-order valence-corrected chi connectivity index (χ4v) is 2.98. The number of likely N-dealkylation sites (tertiary alicyclic amines) is 1. The summed E-state index contributed by atoms with van der Waals surface area (Å²) in [6.45, 7) is 2.51. The van der Waals surface area contributed by atoms with Crippen molar-refractivity contribution in [1.82, 2.24) is 4.90 Å². The van der Waals surface area contributed by atoms with E-state index in [1.165, 1.54) is 45.1 Å². The standard InChI is InChI=1S/C12H21NO/c1-13-8-6-12(7-9-13)4-2-11(10-14)3-5-12/h10-11H,2-9H2,1H3. The van der Waals surface area contributed by atoms with Crippen LogP contribution in [-0.2, 0) is 4.79 Å². The minimum absolute atomic E-state index is 0.375. The Hall–Kier alpha value is -0.370. The molecule has 1 saturated carbocycles. The van der Waals surface area contributed by atoms with Gasteiger partial charge < -0.3 is 9.69 Å². The van der Waals surface area contributed by atoms with Crippen LogP contribution in [0.2, 0.25) is 0 Å². The summed E-state index contributed by atoms with van der Waals surface area (Å²) < 4.78 is 0. The van der Waals surface area contributed by atoms with Crippen LogP contribution in [0.25, 0.3) is 0 Å². The summed E-state index contributed by atoms with van der Waals surface area (Å²) in [5.41, 5.74) is 0.617. The molecule has 0 aromatic rings. The predicted molar refractivity (Wildman–Crippen MR) is 57.2 cm³/mol. The van der Waals surface area contributed by atoms with Crippen molar-refractivity contribution < 1.29 is 4.79 Å². The van der Waals surface area contributed by atoms with Gasteiger partial charge in [-0.1, -0.05) is 0 Å². The molecule has 0 unspecified atom stereocenters. The predicted octanol–water partition coefficient (Wildman–Crippen LogP) is 2.09. The van der Waals surface area contributed by atoms with Gasteiger partial charge in [-0.05, 0) is 64.1 Å². The zero-order valence-corrected chi connectivity index (χ0v) is 9.17. The van der Waals surface area contributed by atoms with Gasteiger partial charge in [-0.2, -0.15) is 0 Å². The highest BCUT2D eigenvalue weighted by atomic mass is 16.1. The molecule has 0 aromatic heterocycles. The molecule has 80 valence electrons. The minimum atomic E-state index is 0.375. The van der Waals surface area contributed by atoms with E-state index in [2.05, 4.69) is 11.9 Å². The van der Waals surface area contributed by atoms with Crippen molar-refractivity contribution in [2.75, 3.05) is 20.1 Å². The third-order valence-corrected chi connectivity index (χ3v) is 4.33. The molecule has 0 bridgehead atoms. The molecule has 1 aliphatic carbocycles. The van der Waals surface area contributed by atoms with E-state index in [9.17, 15) is 4.79 Å². The highest BCUT2D eigenvalue weighted by molar-refractivity contribution is 5.53. The van der Waals surface area contributed by atoms with E-state index < -0.39 is 0 Å². The van der Waals surface area contributed by atoms with Gasteiger partial charge in [-0.15, -0.1) is 0 Å². The van der Waals surface area contributed by atoms with Crippen molar-refractivity contribution in [3.63, 3.8) is 0 Å². The first-order valence-corrected chi connectivity index (χ1v) is 5.88. The molecule has 0 atom stereocenters. The van der Waals surface area contributed by atoms with Crippen molar-refractivity contribution in [1.29, 1.82) is 0 Å². The third-order valence-electron chi connectivity index (χ3n) is 4.33. The normalized spacial score (nSPS) is 29.2. The number of hydrogen-bond acceptors (Lipinski definition) is 2. The number of nitrogens with zero attached hydrogens (tertiary/aromatic N) is 1. The largest absolute Gasteiger partial charge is 0.306 e. The molecule has 0 N–H and O–H groups in total. The molecule has 1 heterocycles. The second-order valence-electron chi connectivity index (χ2n) is 5.28. The fraction of sp³-hybridized carbons (Fsp3) is 0.917. The molecule has 0 amide bonds. The Morgan fingerprint density at radius 3 is 2.21 bits per heavy atom. The first kappa shape index (κ1) is 10.2. The monoisotopic (exact) mass is 195 g/mol. The summed E-state index contributed by atoms with van der Waals surface area (Å²) >= 11 is 0. The van der Waals surface area contributed by atoms with Crippen LogP contribution in [0.1, 0.15) is 38.5 Å². The molecule has 2 fully saturated rings. The molecule has 2 heteroatoms. The highest BCUT2D eigenvalue weighted by Crippen LogP contribution is 2.45. The Kier molecular flexibility index (Phi) is 2.91. The SMILES string of the molecule is CN1CCC2(CCC(C=O)CC2)CC1. The number of carbonyl (C=O) groups excluding carboxylic acids is 1. The van der Waals surface area contributed by atoms with E-state index in [0.717, 1.165) is 12.8 Å². The first-order valence-electron chi connectivity index (χ1n) is 5.88. The van der Waals surface area contributed by atoms with Gasteiger partial charge >= 0.3 is 0 Å². The molecule has 2 rings (SSSR count). The lowest BCUT2D eigenvalue weighted by Crippen LogP contribution is -2.40. The van der Waals surface area contributed by atoms with Gasteiger partial charge in [0.2, 0.25) is 0 Å². The summed E-state index contributed by atoms with van der Waals surface area (Å²) in [7, 11) is 2.21. The van der Waals surface area contributed by atoms with Gasteiger partial charge in [0.15, 0.2) is 0 Å². The lowest BCUT2D eigenvalue weighted by molar-refractivity contribution is -0.112. The van der Waals surface area contributed by atoms with E-state index in [4.69, 9.17) is 0 Å². The van der Waals surface area contributed by atoms with Gasteiger partial charge in [0.25, 0.3) is 0 Å². The Balaban J connectivity index is 1.89. The molecule has 1 spiro atoms. The van der Waals surface area contributed by atoms with E-state index in [0.29, 0.717) is 11.3 Å². The maximum absolute atomic E-state index is 10.7. The van der Waals surface area contributed by atoms with Crippen LogP contribution in [0.5, 0.6) is 0 Å². The third kappa shape index (κ3) is 2.00. The fourth-order valence-electron chi connectivity index (χ4n) is 2.98. The van der Waals surface area contributed by atoms with E-state index in [1.54, 1.807) is 0 Å². The quantitative estimate of drug-likeness (QED) is 0.597. The molecule has 2 aliphatic rings. The van der Waals surface area contributed by atoms with E-state index >= 15 is 0 Å². The van der Waals surface area contributed by atoms with Crippen molar-refractivity contribution in [3.05, 3.63) is 0 Å². The maximum Gasteiger partial charge on any atom is 0.123 e. The molecule has 14 heavy (non-hydrogen) atoms. The van der Waals surface area contributed by atoms with Gasteiger partial charge in [0, 0.05) is 5.92 Å². The summed E-state index contributed by atoms with van der Waals surface area (Å²) in [5, 5.41) is 0. The molecule has 2 nitrogen and oxygen atoms in total. The maximum atomic E-state index is 10.7. The second-order valence-corrected chi connectivity index (χ2v) is 5.28. The smallest absolute Gasteiger partial charge is 0.123 e. The van der Waals surface area contributed by atoms with Crippen LogP contribution in [0.4, 0.5) is 0 Å². The summed E-state index contributed by atoms with van der Waals surface area (Å²) in [6.07, 6.45) is 8.76. The Morgan fingerprint density at radius 1 is 1.14 bits per heavy atom. The lowest BCUT2D eigenvalue weighted by atomic mass is 9.66. The van der Waals surface area contributed by atoms with Crippen molar-refractivity contribution in [3.8, 4) is 0 Å². The van der Waals surface area contributed by atoms with Gasteiger partial charge in [0.1, 0.15) is 6.29 Å².